The predicted molar refractivity (Wildman–Crippen MR) is 81.4 cm³/mol. The van der Waals surface area contributed by atoms with Crippen molar-refractivity contribution < 1.29 is 8.42 Å². The Morgan fingerprint density at radius 1 is 1.48 bits per heavy atom. The van der Waals surface area contributed by atoms with Crippen molar-refractivity contribution in [2.45, 2.75) is 30.6 Å². The van der Waals surface area contributed by atoms with Gasteiger partial charge in [0.25, 0.3) is 10.0 Å². The highest BCUT2D eigenvalue weighted by molar-refractivity contribution is 7.91. The number of nitrogens with one attached hydrogen (secondary N) is 2. The van der Waals surface area contributed by atoms with Gasteiger partial charge in [0.1, 0.15) is 16.4 Å². The Hall–Kier alpha value is -1.29. The zero-order valence-electron chi connectivity index (χ0n) is 12.2. The molecule has 2 rings (SSSR count). The van der Waals surface area contributed by atoms with Crippen LogP contribution < -0.4 is 10.0 Å². The monoisotopic (exact) mass is 329 g/mol. The van der Waals surface area contributed by atoms with E-state index >= 15 is 0 Å². The molecule has 0 radical (unpaired) electrons. The number of nitrogens with zero attached hydrogens (tertiary/aromatic N) is 3. The van der Waals surface area contributed by atoms with Crippen LogP contribution in [0.2, 0.25) is 0 Å². The molecule has 0 aromatic carbocycles. The number of aryl methyl sites for hydroxylation is 1. The minimum Gasteiger partial charge on any atom is -0.319 e. The van der Waals surface area contributed by atoms with Crippen molar-refractivity contribution in [3.8, 4) is 0 Å². The van der Waals surface area contributed by atoms with Crippen LogP contribution in [0.5, 0.6) is 0 Å². The molecule has 2 heterocycles. The van der Waals surface area contributed by atoms with Crippen molar-refractivity contribution in [3.63, 3.8) is 0 Å². The summed E-state index contributed by atoms with van der Waals surface area (Å²) in [5, 5.41) is 12.7. The summed E-state index contributed by atoms with van der Waals surface area (Å²) in [6, 6.07) is 1.25. The first-order valence-electron chi connectivity index (χ1n) is 6.58. The van der Waals surface area contributed by atoms with Crippen molar-refractivity contribution in [2.24, 2.45) is 7.05 Å². The molecule has 0 fully saturated rings. The summed E-state index contributed by atoms with van der Waals surface area (Å²) in [5.41, 5.74) is 0.966. The quantitative estimate of drug-likeness (QED) is 0.792. The number of thiophene rings is 1. The van der Waals surface area contributed by atoms with E-state index < -0.39 is 16.1 Å². The molecule has 0 aliphatic heterocycles. The Morgan fingerprint density at radius 3 is 2.86 bits per heavy atom. The van der Waals surface area contributed by atoms with E-state index in [1.165, 1.54) is 11.3 Å². The van der Waals surface area contributed by atoms with E-state index in [1.54, 1.807) is 30.9 Å². The molecule has 0 amide bonds. The highest BCUT2D eigenvalue weighted by Crippen LogP contribution is 2.22. The molecular formula is C12H19N5O2S2. The molecular weight excluding hydrogens is 310 g/mol. The molecule has 2 aromatic heterocycles. The van der Waals surface area contributed by atoms with Crippen LogP contribution in [-0.4, -0.2) is 29.7 Å². The van der Waals surface area contributed by atoms with Gasteiger partial charge in [0.05, 0.1) is 6.04 Å². The van der Waals surface area contributed by atoms with Crippen LogP contribution in [0.4, 0.5) is 0 Å². The van der Waals surface area contributed by atoms with Crippen LogP contribution in [0.1, 0.15) is 31.3 Å². The van der Waals surface area contributed by atoms with Crippen LogP contribution in [0, 0.1) is 0 Å². The lowest BCUT2D eigenvalue weighted by molar-refractivity contribution is 0.555. The van der Waals surface area contributed by atoms with Crippen LogP contribution >= 0.6 is 11.3 Å². The summed E-state index contributed by atoms with van der Waals surface area (Å²) in [6.45, 7) is 5.27. The number of sulfonamides is 1. The molecule has 1 unspecified atom stereocenters. The number of rotatable bonds is 7. The van der Waals surface area contributed by atoms with Crippen LogP contribution in [0.25, 0.3) is 0 Å². The highest BCUT2D eigenvalue weighted by atomic mass is 32.2. The Morgan fingerprint density at radius 2 is 2.24 bits per heavy atom. The molecule has 0 aliphatic carbocycles. The fourth-order valence-electron chi connectivity index (χ4n) is 1.88. The van der Waals surface area contributed by atoms with E-state index in [2.05, 4.69) is 20.2 Å². The fourth-order valence-corrected chi connectivity index (χ4v) is 4.31. The molecule has 2 aromatic rings. The summed E-state index contributed by atoms with van der Waals surface area (Å²) < 4.78 is 29.3. The number of hydrogen-bond acceptors (Lipinski definition) is 6. The zero-order valence-corrected chi connectivity index (χ0v) is 13.8. The summed E-state index contributed by atoms with van der Waals surface area (Å²) >= 11 is 1.22. The van der Waals surface area contributed by atoms with E-state index in [0.29, 0.717) is 16.6 Å². The first kappa shape index (κ1) is 16.1. The second-order valence-corrected chi connectivity index (χ2v) is 7.55. The third-order valence-corrected chi connectivity index (χ3v) is 5.97. The maximum Gasteiger partial charge on any atom is 0.250 e. The van der Waals surface area contributed by atoms with Crippen molar-refractivity contribution in [1.82, 2.24) is 24.8 Å². The van der Waals surface area contributed by atoms with Crippen molar-refractivity contribution in [3.05, 3.63) is 29.2 Å². The summed E-state index contributed by atoms with van der Waals surface area (Å²) in [6.07, 6.45) is 1.54. The summed E-state index contributed by atoms with van der Waals surface area (Å²) in [4.78, 5) is 0. The van der Waals surface area contributed by atoms with E-state index in [-0.39, 0.29) is 0 Å². The largest absolute Gasteiger partial charge is 0.319 e. The van der Waals surface area contributed by atoms with Gasteiger partial charge in [-0.1, -0.05) is 6.92 Å². The lowest BCUT2D eigenvalue weighted by atomic mass is 10.3. The van der Waals surface area contributed by atoms with E-state index in [9.17, 15) is 8.42 Å². The summed E-state index contributed by atoms with van der Waals surface area (Å²) in [5.74, 6) is 0.572. The molecule has 2 N–H and O–H groups in total. The number of aromatic nitrogens is 3. The Bertz CT molecular complexity index is 692. The summed E-state index contributed by atoms with van der Waals surface area (Å²) in [7, 11) is -1.77. The smallest absolute Gasteiger partial charge is 0.250 e. The van der Waals surface area contributed by atoms with Crippen LogP contribution in [0.15, 0.2) is 22.0 Å². The third-order valence-electron chi connectivity index (χ3n) is 2.94. The van der Waals surface area contributed by atoms with Gasteiger partial charge >= 0.3 is 0 Å². The maximum absolute atomic E-state index is 12.4. The molecule has 0 saturated carbocycles. The average Bonchev–Trinajstić information content (AvgIpc) is 3.04. The standard InChI is InChI=1S/C12H19N5O2S2/c1-4-13-6-10-5-11(20-7-10)21(18,19)16-9(2)12-15-14-8-17(12)3/h5,7-9,13,16H,4,6H2,1-3H3. The van der Waals surface area contributed by atoms with E-state index in [1.807, 2.05) is 12.3 Å². The first-order chi connectivity index (χ1) is 9.94. The van der Waals surface area contributed by atoms with Gasteiger partial charge in [0.15, 0.2) is 0 Å². The SMILES string of the molecule is CCNCc1csc(S(=O)(=O)NC(C)c2nncn2C)c1. The minimum atomic E-state index is -3.55. The van der Waals surface area contributed by atoms with Gasteiger partial charge in [0, 0.05) is 13.6 Å². The second kappa shape index (κ2) is 6.65. The molecule has 9 heteroatoms. The molecule has 0 saturated heterocycles. The molecule has 7 nitrogen and oxygen atoms in total. The molecule has 116 valence electrons. The number of hydrogen-bond donors (Lipinski definition) is 2. The average molecular weight is 329 g/mol. The Balaban J connectivity index is 2.11. The Labute approximate surface area is 128 Å². The van der Waals surface area contributed by atoms with Gasteiger partial charge in [-0.05, 0) is 30.5 Å². The first-order valence-corrected chi connectivity index (χ1v) is 8.94. The molecule has 0 aliphatic rings. The minimum absolute atomic E-state index is 0.310. The van der Waals surface area contributed by atoms with Gasteiger partial charge in [0.2, 0.25) is 0 Å². The third kappa shape index (κ3) is 3.88. The van der Waals surface area contributed by atoms with Gasteiger partial charge in [-0.25, -0.2) is 13.1 Å². The Kier molecular flexibility index (Phi) is 5.09. The maximum atomic E-state index is 12.4. The van der Waals surface area contributed by atoms with E-state index in [4.69, 9.17) is 0 Å². The van der Waals surface area contributed by atoms with Crippen molar-refractivity contribution in [1.29, 1.82) is 0 Å². The lowest BCUT2D eigenvalue weighted by Crippen LogP contribution is -2.28. The topological polar surface area (TPSA) is 88.9 Å². The van der Waals surface area contributed by atoms with E-state index in [0.717, 1.165) is 12.1 Å². The van der Waals surface area contributed by atoms with Crippen molar-refractivity contribution >= 4 is 21.4 Å². The van der Waals surface area contributed by atoms with Gasteiger partial charge in [-0.3, -0.25) is 0 Å². The molecule has 21 heavy (non-hydrogen) atoms. The zero-order chi connectivity index (χ0) is 15.5. The van der Waals surface area contributed by atoms with Gasteiger partial charge in [-0.2, -0.15) is 0 Å². The fraction of sp³-hybridized carbons (Fsp3) is 0.500. The lowest BCUT2D eigenvalue weighted by Gasteiger charge is -2.12. The normalized spacial score (nSPS) is 13.5. The van der Waals surface area contributed by atoms with Crippen LogP contribution in [0.3, 0.4) is 0 Å². The molecule has 0 spiro atoms. The second-order valence-electron chi connectivity index (χ2n) is 4.70. The predicted octanol–water partition coefficient (Wildman–Crippen LogP) is 1.03. The highest BCUT2D eigenvalue weighted by Gasteiger charge is 2.22. The van der Waals surface area contributed by atoms with Gasteiger partial charge in [-0.15, -0.1) is 21.5 Å². The van der Waals surface area contributed by atoms with Crippen LogP contribution in [-0.2, 0) is 23.6 Å². The molecule has 1 atom stereocenters. The van der Waals surface area contributed by atoms with Gasteiger partial charge < -0.3 is 9.88 Å². The molecule has 0 bridgehead atoms. The van der Waals surface area contributed by atoms with Crippen molar-refractivity contribution in [2.75, 3.05) is 6.54 Å².